The van der Waals surface area contributed by atoms with E-state index in [2.05, 4.69) is 33.4 Å². The van der Waals surface area contributed by atoms with Crippen LogP contribution in [-0.4, -0.2) is 31.4 Å². The van der Waals surface area contributed by atoms with Crippen LogP contribution in [0.25, 0.3) is 0 Å². The maximum atomic E-state index is 11.7. The molecule has 0 aliphatic heterocycles. The molecule has 0 saturated carbocycles. The Bertz CT molecular complexity index is 442. The van der Waals surface area contributed by atoms with Crippen molar-refractivity contribution in [1.29, 1.82) is 0 Å². The van der Waals surface area contributed by atoms with Crippen molar-refractivity contribution in [2.45, 2.75) is 36.6 Å². The summed E-state index contributed by atoms with van der Waals surface area (Å²) in [6.07, 6.45) is 2.86. The third-order valence-corrected chi connectivity index (χ3v) is 4.90. The number of ether oxygens (including phenoxy) is 1. The van der Waals surface area contributed by atoms with Gasteiger partial charge in [0.1, 0.15) is 5.54 Å². The molecule has 1 N–H and O–H groups in total. The van der Waals surface area contributed by atoms with Crippen LogP contribution in [0.1, 0.15) is 26.2 Å². The number of hydrogen-bond donors (Lipinski definition) is 1. The average molecular weight is 360 g/mol. The van der Waals surface area contributed by atoms with E-state index in [1.165, 1.54) is 12.0 Å². The number of halogens is 1. The highest BCUT2D eigenvalue weighted by atomic mass is 79.9. The van der Waals surface area contributed by atoms with E-state index in [0.29, 0.717) is 0 Å². The van der Waals surface area contributed by atoms with Gasteiger partial charge >= 0.3 is 5.97 Å². The summed E-state index contributed by atoms with van der Waals surface area (Å²) in [5.41, 5.74) is -0.574. The molecule has 0 bridgehead atoms. The molecule has 0 aliphatic carbocycles. The van der Waals surface area contributed by atoms with Gasteiger partial charge in [-0.15, -0.1) is 11.8 Å². The molecular weight excluding hydrogens is 338 g/mol. The fraction of sp³-hybridized carbons (Fsp3) is 0.533. The van der Waals surface area contributed by atoms with E-state index < -0.39 is 5.54 Å². The van der Waals surface area contributed by atoms with Gasteiger partial charge in [-0.25, -0.2) is 0 Å². The molecule has 1 rings (SSSR count). The lowest BCUT2D eigenvalue weighted by atomic mass is 9.95. The molecular formula is C15H22BrNO2S. The van der Waals surface area contributed by atoms with Gasteiger partial charge in [-0.2, -0.15) is 0 Å². The largest absolute Gasteiger partial charge is 0.468 e. The highest BCUT2D eigenvalue weighted by Crippen LogP contribution is 2.24. The molecule has 5 heteroatoms. The Morgan fingerprint density at radius 2 is 2.20 bits per heavy atom. The summed E-state index contributed by atoms with van der Waals surface area (Å²) < 4.78 is 5.94. The second kappa shape index (κ2) is 8.70. The van der Waals surface area contributed by atoms with Crippen LogP contribution >= 0.6 is 27.7 Å². The van der Waals surface area contributed by atoms with E-state index in [4.69, 9.17) is 4.74 Å². The van der Waals surface area contributed by atoms with Gasteiger partial charge in [-0.3, -0.25) is 4.79 Å². The molecule has 0 amide bonds. The van der Waals surface area contributed by atoms with E-state index in [-0.39, 0.29) is 5.97 Å². The normalized spacial score (nSPS) is 13.8. The summed E-state index contributed by atoms with van der Waals surface area (Å²) in [6.45, 7) is 1.89. The Kier molecular flexibility index (Phi) is 7.62. The highest BCUT2D eigenvalue weighted by Gasteiger charge is 2.31. The smallest absolute Gasteiger partial charge is 0.325 e. The zero-order valence-electron chi connectivity index (χ0n) is 12.2. The molecule has 0 spiro atoms. The SMILES string of the molecule is CNC(C)(CCCCSc1cccc(Br)c1)C(=O)OC. The van der Waals surface area contributed by atoms with Crippen molar-refractivity contribution < 1.29 is 9.53 Å². The Morgan fingerprint density at radius 1 is 1.45 bits per heavy atom. The first-order chi connectivity index (χ1) is 9.51. The van der Waals surface area contributed by atoms with Crippen molar-refractivity contribution in [3.63, 3.8) is 0 Å². The summed E-state index contributed by atoms with van der Waals surface area (Å²) in [7, 11) is 3.23. The lowest BCUT2D eigenvalue weighted by molar-refractivity contribution is -0.148. The topological polar surface area (TPSA) is 38.3 Å². The standard InChI is InChI=1S/C15H22BrNO2S/c1-15(17-2,14(18)19-3)9-4-5-10-20-13-8-6-7-12(16)11-13/h6-8,11,17H,4-5,9-10H2,1-3H3. The predicted molar refractivity (Wildman–Crippen MR) is 88.2 cm³/mol. The quantitative estimate of drug-likeness (QED) is 0.434. The molecule has 0 aliphatic rings. The van der Waals surface area contributed by atoms with Crippen LogP contribution in [-0.2, 0) is 9.53 Å². The second-order valence-electron chi connectivity index (χ2n) is 4.84. The first-order valence-corrected chi connectivity index (χ1v) is 8.45. The molecule has 1 aromatic rings. The number of carbonyl (C=O) groups excluding carboxylic acids is 1. The number of hydrogen-bond acceptors (Lipinski definition) is 4. The van der Waals surface area contributed by atoms with Crippen LogP contribution in [0.4, 0.5) is 0 Å². The van der Waals surface area contributed by atoms with E-state index in [1.54, 1.807) is 7.05 Å². The highest BCUT2D eigenvalue weighted by molar-refractivity contribution is 9.10. The van der Waals surface area contributed by atoms with Crippen LogP contribution in [0.15, 0.2) is 33.6 Å². The first kappa shape index (κ1) is 17.5. The van der Waals surface area contributed by atoms with E-state index >= 15 is 0 Å². The summed E-state index contributed by atoms with van der Waals surface area (Å²) in [5.74, 6) is 0.858. The second-order valence-corrected chi connectivity index (χ2v) is 6.92. The van der Waals surface area contributed by atoms with Gasteiger partial charge in [-0.1, -0.05) is 28.4 Å². The van der Waals surface area contributed by atoms with Crippen molar-refractivity contribution in [2.24, 2.45) is 0 Å². The van der Waals surface area contributed by atoms with Crippen molar-refractivity contribution in [2.75, 3.05) is 19.9 Å². The lowest BCUT2D eigenvalue weighted by Gasteiger charge is -2.25. The number of nitrogens with one attached hydrogen (secondary N) is 1. The predicted octanol–water partition coefficient (Wildman–Crippen LogP) is 3.86. The van der Waals surface area contributed by atoms with Crippen LogP contribution in [0.2, 0.25) is 0 Å². The van der Waals surface area contributed by atoms with E-state index in [1.807, 2.05) is 30.8 Å². The first-order valence-electron chi connectivity index (χ1n) is 6.67. The summed E-state index contributed by atoms with van der Waals surface area (Å²) >= 11 is 5.31. The minimum Gasteiger partial charge on any atom is -0.468 e. The van der Waals surface area contributed by atoms with Gasteiger partial charge in [-0.05, 0) is 50.8 Å². The molecule has 1 atom stereocenters. The number of carbonyl (C=O) groups is 1. The summed E-state index contributed by atoms with van der Waals surface area (Å²) in [4.78, 5) is 13.0. The van der Waals surface area contributed by atoms with Gasteiger partial charge < -0.3 is 10.1 Å². The fourth-order valence-electron chi connectivity index (χ4n) is 1.88. The van der Waals surface area contributed by atoms with Crippen LogP contribution in [0.3, 0.4) is 0 Å². The number of methoxy groups -OCH3 is 1. The van der Waals surface area contributed by atoms with Gasteiger partial charge in [0.05, 0.1) is 7.11 Å². The molecule has 0 aromatic heterocycles. The summed E-state index contributed by atoms with van der Waals surface area (Å²) in [6, 6.07) is 8.30. The van der Waals surface area contributed by atoms with Crippen LogP contribution in [0.5, 0.6) is 0 Å². The molecule has 0 heterocycles. The molecule has 0 fully saturated rings. The monoisotopic (exact) mass is 359 g/mol. The third-order valence-electron chi connectivity index (χ3n) is 3.32. The third kappa shape index (κ3) is 5.46. The molecule has 20 heavy (non-hydrogen) atoms. The molecule has 3 nitrogen and oxygen atoms in total. The molecule has 112 valence electrons. The molecule has 1 aromatic carbocycles. The van der Waals surface area contributed by atoms with E-state index in [0.717, 1.165) is 29.5 Å². The Morgan fingerprint density at radius 3 is 2.80 bits per heavy atom. The maximum absolute atomic E-state index is 11.7. The maximum Gasteiger partial charge on any atom is 0.325 e. The minimum absolute atomic E-state index is 0.195. The zero-order valence-corrected chi connectivity index (χ0v) is 14.6. The summed E-state index contributed by atoms with van der Waals surface area (Å²) in [5, 5.41) is 3.06. The number of benzene rings is 1. The van der Waals surface area contributed by atoms with Gasteiger partial charge in [0.2, 0.25) is 0 Å². The Balaban J connectivity index is 2.29. The van der Waals surface area contributed by atoms with E-state index in [9.17, 15) is 4.79 Å². The number of likely N-dealkylation sites (N-methyl/N-ethyl adjacent to an activating group) is 1. The average Bonchev–Trinajstić information content (AvgIpc) is 2.45. The Labute approximate surface area is 134 Å². The number of rotatable bonds is 8. The van der Waals surface area contributed by atoms with Crippen molar-refractivity contribution in [1.82, 2.24) is 5.32 Å². The number of unbranched alkanes of at least 4 members (excludes halogenated alkanes) is 1. The molecule has 0 radical (unpaired) electrons. The van der Waals surface area contributed by atoms with Gasteiger partial charge in [0.15, 0.2) is 0 Å². The fourth-order valence-corrected chi connectivity index (χ4v) is 3.40. The number of esters is 1. The number of thioether (sulfide) groups is 1. The van der Waals surface area contributed by atoms with Gasteiger partial charge in [0, 0.05) is 9.37 Å². The zero-order chi connectivity index (χ0) is 15.0. The van der Waals surface area contributed by atoms with Crippen LogP contribution < -0.4 is 5.32 Å². The lowest BCUT2D eigenvalue weighted by Crippen LogP contribution is -2.48. The van der Waals surface area contributed by atoms with Crippen molar-refractivity contribution >= 4 is 33.7 Å². The van der Waals surface area contributed by atoms with Gasteiger partial charge in [0.25, 0.3) is 0 Å². The minimum atomic E-state index is -0.574. The van der Waals surface area contributed by atoms with Crippen LogP contribution in [0, 0.1) is 0 Å². The Hall–Kier alpha value is -0.520. The molecule has 0 saturated heterocycles. The van der Waals surface area contributed by atoms with Crippen molar-refractivity contribution in [3.05, 3.63) is 28.7 Å². The molecule has 1 unspecified atom stereocenters. The van der Waals surface area contributed by atoms with Crippen molar-refractivity contribution in [3.8, 4) is 0 Å².